The van der Waals surface area contributed by atoms with E-state index in [0.29, 0.717) is 0 Å². The highest BCUT2D eigenvalue weighted by atomic mass is 35.5. The molecule has 1 aromatic carbocycles. The number of amides is 1. The highest BCUT2D eigenvalue weighted by molar-refractivity contribution is 6.33. The molecule has 1 heterocycles. The minimum Gasteiger partial charge on any atom is -0.385 e. The molecule has 0 saturated carbocycles. The molecule has 4 nitrogen and oxygen atoms in total. The molecule has 0 aliphatic carbocycles. The van der Waals surface area contributed by atoms with Crippen LogP contribution in [0.5, 0.6) is 0 Å². The zero-order valence-electron chi connectivity index (χ0n) is 10.8. The first-order valence-electron chi connectivity index (χ1n) is 6.07. The monoisotopic (exact) mass is 293 g/mol. The van der Waals surface area contributed by atoms with Crippen LogP contribution in [0.1, 0.15) is 17.4 Å². The van der Waals surface area contributed by atoms with Gasteiger partial charge in [0.05, 0.1) is 10.7 Å². The third kappa shape index (κ3) is 3.24. The van der Waals surface area contributed by atoms with Gasteiger partial charge in [0.25, 0.3) is 5.91 Å². The Hall–Kier alpha value is -2.14. The molecule has 0 radical (unpaired) electrons. The summed E-state index contributed by atoms with van der Waals surface area (Å²) in [6, 6.07) is 7.54. The molecule has 2 N–H and O–H groups in total. The smallest absolute Gasteiger partial charge is 0.274 e. The number of benzene rings is 1. The van der Waals surface area contributed by atoms with Gasteiger partial charge in [-0.05, 0) is 31.2 Å². The van der Waals surface area contributed by atoms with E-state index >= 15 is 0 Å². The lowest BCUT2D eigenvalue weighted by atomic mass is 10.2. The Kier molecular flexibility index (Phi) is 4.53. The van der Waals surface area contributed by atoms with E-state index in [-0.39, 0.29) is 16.4 Å². The first kappa shape index (κ1) is 14.3. The minimum absolute atomic E-state index is 0.0465. The van der Waals surface area contributed by atoms with Crippen molar-refractivity contribution in [1.82, 2.24) is 4.98 Å². The molecule has 20 heavy (non-hydrogen) atoms. The Morgan fingerprint density at radius 1 is 1.40 bits per heavy atom. The highest BCUT2D eigenvalue weighted by Gasteiger charge is 2.13. The summed E-state index contributed by atoms with van der Waals surface area (Å²) in [6.45, 7) is 2.67. The van der Waals surface area contributed by atoms with E-state index < -0.39 is 11.7 Å². The molecule has 0 saturated heterocycles. The summed E-state index contributed by atoms with van der Waals surface area (Å²) in [6.07, 6.45) is 1.51. The first-order chi connectivity index (χ1) is 9.61. The van der Waals surface area contributed by atoms with E-state index in [9.17, 15) is 9.18 Å². The Bertz CT molecular complexity index is 613. The fourth-order valence-electron chi connectivity index (χ4n) is 1.66. The van der Waals surface area contributed by atoms with Gasteiger partial charge >= 0.3 is 0 Å². The molecule has 2 aromatic rings. The van der Waals surface area contributed by atoms with E-state index in [0.717, 1.165) is 12.2 Å². The summed E-state index contributed by atoms with van der Waals surface area (Å²) in [7, 11) is 0. The van der Waals surface area contributed by atoms with E-state index in [1.54, 1.807) is 12.1 Å². The normalized spacial score (nSPS) is 10.2. The molecular weight excluding hydrogens is 281 g/mol. The second-order valence-electron chi connectivity index (χ2n) is 4.01. The fourth-order valence-corrected chi connectivity index (χ4v) is 1.87. The van der Waals surface area contributed by atoms with Crippen molar-refractivity contribution in [2.45, 2.75) is 6.92 Å². The van der Waals surface area contributed by atoms with Crippen LogP contribution in [-0.4, -0.2) is 17.4 Å². The topological polar surface area (TPSA) is 54.0 Å². The Morgan fingerprint density at radius 3 is 2.90 bits per heavy atom. The van der Waals surface area contributed by atoms with Gasteiger partial charge in [-0.15, -0.1) is 0 Å². The number of hydrogen-bond acceptors (Lipinski definition) is 3. The van der Waals surface area contributed by atoms with Gasteiger partial charge in [-0.1, -0.05) is 17.7 Å². The van der Waals surface area contributed by atoms with Gasteiger partial charge in [-0.25, -0.2) is 4.39 Å². The van der Waals surface area contributed by atoms with Crippen LogP contribution in [0, 0.1) is 5.82 Å². The molecule has 0 fully saturated rings. The summed E-state index contributed by atoms with van der Waals surface area (Å²) in [5, 5.41) is 5.64. The van der Waals surface area contributed by atoms with E-state index in [2.05, 4.69) is 15.6 Å². The van der Waals surface area contributed by atoms with Crippen molar-refractivity contribution in [3.05, 3.63) is 53.1 Å². The summed E-state index contributed by atoms with van der Waals surface area (Å²) >= 11 is 5.85. The zero-order chi connectivity index (χ0) is 14.5. The zero-order valence-corrected chi connectivity index (χ0v) is 11.5. The molecule has 104 valence electrons. The average molecular weight is 294 g/mol. The predicted molar refractivity (Wildman–Crippen MR) is 77.8 cm³/mol. The molecule has 1 amide bonds. The number of carbonyl (C=O) groups excluding carboxylic acids is 1. The van der Waals surface area contributed by atoms with Gasteiger partial charge in [0.15, 0.2) is 0 Å². The van der Waals surface area contributed by atoms with E-state index in [1.807, 2.05) is 6.92 Å². The van der Waals surface area contributed by atoms with E-state index in [4.69, 9.17) is 11.6 Å². The second-order valence-corrected chi connectivity index (χ2v) is 4.42. The van der Waals surface area contributed by atoms with Gasteiger partial charge in [-0.3, -0.25) is 9.78 Å². The van der Waals surface area contributed by atoms with Gasteiger partial charge in [0, 0.05) is 18.4 Å². The number of anilines is 2. The van der Waals surface area contributed by atoms with Crippen molar-refractivity contribution in [2.75, 3.05) is 17.2 Å². The number of halogens is 2. The van der Waals surface area contributed by atoms with E-state index in [1.165, 1.54) is 24.4 Å². The molecule has 1 aromatic heterocycles. The largest absolute Gasteiger partial charge is 0.385 e. The number of rotatable bonds is 4. The van der Waals surface area contributed by atoms with Crippen LogP contribution >= 0.6 is 11.6 Å². The Morgan fingerprint density at radius 2 is 2.20 bits per heavy atom. The van der Waals surface area contributed by atoms with Crippen molar-refractivity contribution in [3.8, 4) is 0 Å². The predicted octanol–water partition coefficient (Wildman–Crippen LogP) is 3.56. The summed E-state index contributed by atoms with van der Waals surface area (Å²) < 4.78 is 13.6. The van der Waals surface area contributed by atoms with Crippen molar-refractivity contribution < 1.29 is 9.18 Å². The second kappa shape index (κ2) is 6.34. The number of para-hydroxylation sites is 1. The number of aromatic nitrogens is 1. The first-order valence-corrected chi connectivity index (χ1v) is 6.45. The van der Waals surface area contributed by atoms with Crippen molar-refractivity contribution >= 4 is 28.9 Å². The van der Waals surface area contributed by atoms with Gasteiger partial charge in [0.1, 0.15) is 11.5 Å². The third-order valence-electron chi connectivity index (χ3n) is 2.57. The standard InChI is InChI=1S/C14H13ClFN3O/c1-2-17-9-6-7-18-12(8-9)14(20)19-13-10(15)4-3-5-11(13)16/h3-8H,2H2,1H3,(H,17,18)(H,19,20). The minimum atomic E-state index is -0.589. The van der Waals surface area contributed by atoms with Crippen LogP contribution in [0.15, 0.2) is 36.5 Å². The van der Waals surface area contributed by atoms with Gasteiger partial charge < -0.3 is 10.6 Å². The van der Waals surface area contributed by atoms with Crippen LogP contribution in [0.4, 0.5) is 15.8 Å². The van der Waals surface area contributed by atoms with Crippen molar-refractivity contribution in [1.29, 1.82) is 0 Å². The van der Waals surface area contributed by atoms with Crippen molar-refractivity contribution in [3.63, 3.8) is 0 Å². The molecule has 0 aliphatic rings. The maximum Gasteiger partial charge on any atom is 0.274 e. The summed E-state index contributed by atoms with van der Waals surface area (Å²) in [4.78, 5) is 16.0. The van der Waals surface area contributed by atoms with Crippen LogP contribution in [-0.2, 0) is 0 Å². The number of hydrogen-bond donors (Lipinski definition) is 2. The Labute approximate surface area is 121 Å². The Balaban J connectivity index is 2.22. The molecule has 6 heteroatoms. The lowest BCUT2D eigenvalue weighted by Gasteiger charge is -2.09. The van der Waals surface area contributed by atoms with Crippen molar-refractivity contribution in [2.24, 2.45) is 0 Å². The van der Waals surface area contributed by atoms with Crippen LogP contribution < -0.4 is 10.6 Å². The molecule has 0 atom stereocenters. The molecule has 0 spiro atoms. The maximum absolute atomic E-state index is 13.6. The lowest BCUT2D eigenvalue weighted by molar-refractivity contribution is 0.102. The number of nitrogens with one attached hydrogen (secondary N) is 2. The third-order valence-corrected chi connectivity index (χ3v) is 2.89. The lowest BCUT2D eigenvalue weighted by Crippen LogP contribution is -2.15. The van der Waals surface area contributed by atoms with Gasteiger partial charge in [0.2, 0.25) is 0 Å². The summed E-state index contributed by atoms with van der Waals surface area (Å²) in [5.41, 5.74) is 0.907. The molecule has 2 rings (SSSR count). The van der Waals surface area contributed by atoms with Crippen LogP contribution in [0.3, 0.4) is 0 Å². The highest BCUT2D eigenvalue weighted by Crippen LogP contribution is 2.25. The maximum atomic E-state index is 13.6. The molecule has 0 bridgehead atoms. The molecular formula is C14H13ClFN3O. The van der Waals surface area contributed by atoms with Crippen LogP contribution in [0.25, 0.3) is 0 Å². The SMILES string of the molecule is CCNc1ccnc(C(=O)Nc2c(F)cccc2Cl)c1. The number of nitrogens with zero attached hydrogens (tertiary/aromatic N) is 1. The van der Waals surface area contributed by atoms with Crippen LogP contribution in [0.2, 0.25) is 5.02 Å². The fraction of sp³-hybridized carbons (Fsp3) is 0.143. The average Bonchev–Trinajstić information content (AvgIpc) is 2.43. The number of pyridine rings is 1. The molecule has 0 aliphatic heterocycles. The molecule has 0 unspecified atom stereocenters. The van der Waals surface area contributed by atoms with Gasteiger partial charge in [-0.2, -0.15) is 0 Å². The summed E-state index contributed by atoms with van der Waals surface area (Å²) in [5.74, 6) is -1.11. The quantitative estimate of drug-likeness (QED) is 0.906. The number of carbonyl (C=O) groups is 1.